The van der Waals surface area contributed by atoms with Crippen molar-refractivity contribution in [3.63, 3.8) is 0 Å². The van der Waals surface area contributed by atoms with E-state index in [1.807, 2.05) is 6.20 Å². The maximum absolute atomic E-state index is 9.73. The highest BCUT2D eigenvalue weighted by atomic mass is 16.5. The van der Waals surface area contributed by atoms with Crippen LogP contribution < -0.4 is 4.74 Å². The monoisotopic (exact) mass is 448 g/mol. The molecular weight excluding hydrogens is 412 g/mol. The number of aromatic nitrogens is 2. The number of nitrogens with one attached hydrogen (secondary N) is 1. The molecule has 33 heavy (non-hydrogen) atoms. The lowest BCUT2D eigenvalue weighted by Crippen LogP contribution is -2.52. The number of aliphatic hydroxyl groups is 1. The summed E-state index contributed by atoms with van der Waals surface area (Å²) >= 11 is 0. The van der Waals surface area contributed by atoms with Crippen molar-refractivity contribution >= 4 is 0 Å². The highest BCUT2D eigenvalue weighted by molar-refractivity contribution is 5.67. The predicted octanol–water partition coefficient (Wildman–Crippen LogP) is 4.08. The van der Waals surface area contributed by atoms with Crippen molar-refractivity contribution in [1.29, 1.82) is 0 Å². The third kappa shape index (κ3) is 5.46. The van der Waals surface area contributed by atoms with Crippen molar-refractivity contribution in [1.82, 2.24) is 20.0 Å². The van der Waals surface area contributed by atoms with Gasteiger partial charge in [0.2, 0.25) is 0 Å². The molecule has 1 aliphatic heterocycles. The maximum Gasteiger partial charge on any atom is 0.121 e. The molecule has 176 valence electrons. The van der Waals surface area contributed by atoms with Gasteiger partial charge in [0.05, 0.1) is 19.0 Å². The summed E-state index contributed by atoms with van der Waals surface area (Å²) in [6.45, 7) is 11.2. The minimum Gasteiger partial charge on any atom is -0.496 e. The molecule has 1 saturated heterocycles. The largest absolute Gasteiger partial charge is 0.496 e. The summed E-state index contributed by atoms with van der Waals surface area (Å²) in [4.78, 5) is 5.00. The summed E-state index contributed by atoms with van der Waals surface area (Å²) < 4.78 is 5.41. The van der Waals surface area contributed by atoms with Crippen LogP contribution in [-0.4, -0.2) is 64.5 Å². The number of piperazine rings is 1. The van der Waals surface area contributed by atoms with E-state index in [9.17, 15) is 5.11 Å². The second kappa shape index (κ2) is 10.5. The quantitative estimate of drug-likeness (QED) is 0.544. The molecule has 6 heteroatoms. The Morgan fingerprint density at radius 1 is 1.06 bits per heavy atom. The van der Waals surface area contributed by atoms with Gasteiger partial charge >= 0.3 is 0 Å². The molecule has 0 bridgehead atoms. The van der Waals surface area contributed by atoms with Gasteiger partial charge in [-0.2, -0.15) is 5.10 Å². The Morgan fingerprint density at radius 2 is 1.91 bits per heavy atom. The van der Waals surface area contributed by atoms with Crippen molar-refractivity contribution in [2.24, 2.45) is 0 Å². The van der Waals surface area contributed by atoms with Crippen LogP contribution in [0.1, 0.15) is 34.2 Å². The molecule has 2 heterocycles. The predicted molar refractivity (Wildman–Crippen MR) is 132 cm³/mol. The van der Waals surface area contributed by atoms with Gasteiger partial charge < -0.3 is 9.84 Å². The van der Waals surface area contributed by atoms with Gasteiger partial charge in [0, 0.05) is 56.5 Å². The van der Waals surface area contributed by atoms with Crippen LogP contribution in [0.15, 0.2) is 42.6 Å². The van der Waals surface area contributed by atoms with E-state index in [0.29, 0.717) is 6.04 Å². The maximum atomic E-state index is 9.73. The Balaban J connectivity index is 1.46. The molecule has 1 aromatic heterocycles. The Hall–Kier alpha value is -2.67. The number of aryl methyl sites for hydroxylation is 3. The zero-order valence-electron chi connectivity index (χ0n) is 20.3. The molecule has 1 fully saturated rings. The van der Waals surface area contributed by atoms with Crippen molar-refractivity contribution in [3.8, 4) is 17.0 Å². The zero-order valence-corrected chi connectivity index (χ0v) is 20.3. The van der Waals surface area contributed by atoms with Gasteiger partial charge in [-0.25, -0.2) is 0 Å². The van der Waals surface area contributed by atoms with E-state index < -0.39 is 0 Å². The number of nitrogens with zero attached hydrogens (tertiary/aromatic N) is 3. The molecule has 2 N–H and O–H groups in total. The van der Waals surface area contributed by atoms with Crippen molar-refractivity contribution < 1.29 is 9.84 Å². The average Bonchev–Trinajstić information content (AvgIpc) is 3.25. The number of hydrogen-bond donors (Lipinski definition) is 2. The summed E-state index contributed by atoms with van der Waals surface area (Å²) in [5.74, 6) is 0.926. The van der Waals surface area contributed by atoms with Crippen LogP contribution in [0.25, 0.3) is 11.3 Å². The smallest absolute Gasteiger partial charge is 0.121 e. The van der Waals surface area contributed by atoms with Crippen molar-refractivity contribution in [2.75, 3.05) is 33.4 Å². The summed E-state index contributed by atoms with van der Waals surface area (Å²) in [5, 5.41) is 17.3. The molecule has 2 aromatic carbocycles. The minimum absolute atomic E-state index is 0.204. The topological polar surface area (TPSA) is 64.6 Å². The van der Waals surface area contributed by atoms with E-state index in [4.69, 9.17) is 4.74 Å². The Kier molecular flexibility index (Phi) is 7.48. The van der Waals surface area contributed by atoms with E-state index in [1.54, 1.807) is 7.11 Å². The van der Waals surface area contributed by atoms with Gasteiger partial charge in [0.1, 0.15) is 5.75 Å². The lowest BCUT2D eigenvalue weighted by molar-refractivity contribution is 0.0500. The first kappa shape index (κ1) is 23.5. The van der Waals surface area contributed by atoms with Gasteiger partial charge in [-0.05, 0) is 56.0 Å². The third-order valence-electron chi connectivity index (χ3n) is 6.77. The number of H-pyrrole nitrogens is 1. The van der Waals surface area contributed by atoms with Crippen molar-refractivity contribution in [3.05, 3.63) is 70.4 Å². The molecule has 3 aromatic rings. The van der Waals surface area contributed by atoms with Crippen LogP contribution >= 0.6 is 0 Å². The second-order valence-corrected chi connectivity index (χ2v) is 9.26. The molecule has 1 atom stereocenters. The van der Waals surface area contributed by atoms with Gasteiger partial charge in [0.15, 0.2) is 0 Å². The normalized spacial score (nSPS) is 17.4. The van der Waals surface area contributed by atoms with E-state index in [0.717, 1.165) is 56.2 Å². The Morgan fingerprint density at radius 3 is 2.67 bits per heavy atom. The summed E-state index contributed by atoms with van der Waals surface area (Å²) in [6, 6.07) is 13.3. The lowest BCUT2D eigenvalue weighted by atomic mass is 9.99. The van der Waals surface area contributed by atoms with Crippen LogP contribution in [0.5, 0.6) is 5.75 Å². The molecule has 0 spiro atoms. The van der Waals surface area contributed by atoms with Crippen LogP contribution in [0.3, 0.4) is 0 Å². The molecular formula is C27H36N4O2. The number of rotatable bonds is 8. The third-order valence-corrected chi connectivity index (χ3v) is 6.77. The number of aliphatic hydroxyl groups excluding tert-OH is 1. The fraction of sp³-hybridized carbons (Fsp3) is 0.444. The first-order valence-corrected chi connectivity index (χ1v) is 11.8. The number of methoxy groups -OCH3 is 1. The fourth-order valence-corrected chi connectivity index (χ4v) is 4.92. The van der Waals surface area contributed by atoms with E-state index in [2.05, 4.69) is 77.2 Å². The molecule has 0 amide bonds. The number of hydrogen-bond acceptors (Lipinski definition) is 5. The number of aromatic amines is 1. The SMILES string of the molecule is COc1ccc(CN2CCN(Cc3cn[nH]c3-c3cc(C)ccc3C)CC2CCO)cc1C. The van der Waals surface area contributed by atoms with Crippen LogP contribution in [-0.2, 0) is 13.1 Å². The summed E-state index contributed by atoms with van der Waals surface area (Å²) in [7, 11) is 1.71. The van der Waals surface area contributed by atoms with Gasteiger partial charge in [-0.15, -0.1) is 0 Å². The first-order valence-electron chi connectivity index (χ1n) is 11.8. The molecule has 0 radical (unpaired) electrons. The highest BCUT2D eigenvalue weighted by Crippen LogP contribution is 2.28. The summed E-state index contributed by atoms with van der Waals surface area (Å²) in [5.41, 5.74) is 8.52. The van der Waals surface area contributed by atoms with Gasteiger partial charge in [-0.1, -0.05) is 29.8 Å². The van der Waals surface area contributed by atoms with Crippen LogP contribution in [0, 0.1) is 20.8 Å². The summed E-state index contributed by atoms with van der Waals surface area (Å²) in [6.07, 6.45) is 2.74. The standard InChI is InChI=1S/C27H36N4O2/c1-19-5-6-20(2)25(13-19)27-23(15-28-29-27)17-30-10-11-31(24(18-30)9-12-32)16-22-7-8-26(33-4)21(3)14-22/h5-8,13-15,24,32H,9-12,16-18H2,1-4H3,(H,28,29). The molecule has 1 aliphatic rings. The Labute approximate surface area is 197 Å². The lowest BCUT2D eigenvalue weighted by Gasteiger charge is -2.41. The number of benzene rings is 2. The fourth-order valence-electron chi connectivity index (χ4n) is 4.92. The van der Waals surface area contributed by atoms with Crippen molar-refractivity contribution in [2.45, 2.75) is 46.3 Å². The molecule has 0 aliphatic carbocycles. The average molecular weight is 449 g/mol. The molecule has 6 nitrogen and oxygen atoms in total. The van der Waals surface area contributed by atoms with Gasteiger partial charge in [0.25, 0.3) is 0 Å². The number of ether oxygens (including phenoxy) is 1. The minimum atomic E-state index is 0.204. The first-order chi connectivity index (χ1) is 16.0. The van der Waals surface area contributed by atoms with E-state index >= 15 is 0 Å². The van der Waals surface area contributed by atoms with E-state index in [1.165, 1.54) is 27.8 Å². The molecule has 1 unspecified atom stereocenters. The van der Waals surface area contributed by atoms with E-state index in [-0.39, 0.29) is 6.61 Å². The second-order valence-electron chi connectivity index (χ2n) is 9.26. The Bertz CT molecular complexity index is 1080. The van der Waals surface area contributed by atoms with Crippen LogP contribution in [0.2, 0.25) is 0 Å². The van der Waals surface area contributed by atoms with Crippen LogP contribution in [0.4, 0.5) is 0 Å². The molecule has 0 saturated carbocycles. The van der Waals surface area contributed by atoms with Gasteiger partial charge in [-0.3, -0.25) is 14.9 Å². The zero-order chi connectivity index (χ0) is 23.4. The molecule has 4 rings (SSSR count). The highest BCUT2D eigenvalue weighted by Gasteiger charge is 2.27.